The molecule has 4 nitrogen and oxygen atoms in total. The number of aromatic nitrogens is 1. The van der Waals surface area contributed by atoms with Gasteiger partial charge in [0.25, 0.3) is 0 Å². The van der Waals surface area contributed by atoms with Crippen molar-refractivity contribution in [2.75, 3.05) is 6.61 Å². The van der Waals surface area contributed by atoms with Gasteiger partial charge in [0.05, 0.1) is 18.2 Å². The van der Waals surface area contributed by atoms with E-state index in [4.69, 9.17) is 9.26 Å². The van der Waals surface area contributed by atoms with E-state index < -0.39 is 0 Å². The molecule has 0 bridgehead atoms. The number of ether oxygens (including phenoxy) is 1. The number of allylic oxidation sites excluding steroid dienone is 2. The molecule has 0 spiro atoms. The maximum Gasteiger partial charge on any atom is 0.312 e. The van der Waals surface area contributed by atoms with E-state index in [1.807, 2.05) is 13.1 Å². The fraction of sp³-hybridized carbons (Fsp3) is 0.818. The van der Waals surface area contributed by atoms with Crippen molar-refractivity contribution in [2.45, 2.75) is 119 Å². The van der Waals surface area contributed by atoms with Gasteiger partial charge < -0.3 is 9.26 Å². The molecule has 0 radical (unpaired) electrons. The molecule has 0 aliphatic heterocycles. The number of rotatable bonds is 2. The predicted molar refractivity (Wildman–Crippen MR) is 146 cm³/mol. The summed E-state index contributed by atoms with van der Waals surface area (Å²) in [4.78, 5) is 13.6. The molecule has 6 rings (SSSR count). The van der Waals surface area contributed by atoms with Crippen molar-refractivity contribution in [2.24, 2.45) is 44.8 Å². The van der Waals surface area contributed by atoms with Crippen molar-refractivity contribution in [3.8, 4) is 0 Å². The van der Waals surface area contributed by atoms with Crippen LogP contribution in [-0.4, -0.2) is 17.7 Å². The van der Waals surface area contributed by atoms with Gasteiger partial charge in [0, 0.05) is 11.0 Å². The van der Waals surface area contributed by atoms with Gasteiger partial charge in [0.1, 0.15) is 5.76 Å². The minimum Gasteiger partial charge on any atom is -0.466 e. The number of hydrogen-bond donors (Lipinski definition) is 0. The SMILES string of the molecule is CCOC(=O)[C@]12CCC(C)(C)C[C@H]1C1=CC[C@@H]3[C@@]4(C)Cc5cnoc5C(C)(C)[C@H]4CC[C@@]3(C)[C@]1(C)CC2. The standard InChI is InChI=1S/C33H49NO3/c1-9-36-27(35)33-16-14-28(2,3)19-23(33)22-10-11-25-30(6)18-21-20-34-37-26(21)29(4,5)24(30)12-13-32(25,8)31(22,7)15-17-33/h10,20,23-25H,9,11-19H2,1-8H3/t23-,24+,25+,30-,31+,32+,33-/m0/s1. The van der Waals surface area contributed by atoms with Gasteiger partial charge in [-0.2, -0.15) is 0 Å². The molecule has 3 fully saturated rings. The third-order valence-corrected chi connectivity index (χ3v) is 13.3. The first-order chi connectivity index (χ1) is 17.3. The summed E-state index contributed by atoms with van der Waals surface area (Å²) in [5, 5.41) is 4.26. The van der Waals surface area contributed by atoms with Gasteiger partial charge in [0.15, 0.2) is 0 Å². The zero-order valence-electron chi connectivity index (χ0n) is 24.6. The van der Waals surface area contributed by atoms with Gasteiger partial charge in [-0.25, -0.2) is 0 Å². The first-order valence-corrected chi connectivity index (χ1v) is 15.1. The highest BCUT2D eigenvalue weighted by Gasteiger charge is 2.69. The number of hydrogen-bond acceptors (Lipinski definition) is 4. The lowest BCUT2D eigenvalue weighted by molar-refractivity contribution is -0.181. The van der Waals surface area contributed by atoms with E-state index in [1.165, 1.54) is 18.4 Å². The van der Waals surface area contributed by atoms with Crippen LogP contribution < -0.4 is 0 Å². The molecule has 1 aromatic heterocycles. The molecule has 0 aromatic carbocycles. The van der Waals surface area contributed by atoms with Gasteiger partial charge in [-0.15, -0.1) is 0 Å². The van der Waals surface area contributed by atoms with Crippen LogP contribution in [0.1, 0.15) is 118 Å². The third kappa shape index (κ3) is 3.14. The van der Waals surface area contributed by atoms with Gasteiger partial charge in [-0.1, -0.05) is 65.3 Å². The summed E-state index contributed by atoms with van der Waals surface area (Å²) in [6.07, 6.45) is 14.6. The van der Waals surface area contributed by atoms with Crippen LogP contribution in [0, 0.1) is 44.8 Å². The van der Waals surface area contributed by atoms with Crippen LogP contribution in [0.25, 0.3) is 0 Å². The van der Waals surface area contributed by atoms with Crippen molar-refractivity contribution < 1.29 is 14.1 Å². The van der Waals surface area contributed by atoms with Gasteiger partial charge in [0.2, 0.25) is 0 Å². The Labute approximate surface area is 224 Å². The number of nitrogens with zero attached hydrogens (tertiary/aromatic N) is 1. The summed E-state index contributed by atoms with van der Waals surface area (Å²) in [5.74, 6) is 2.72. The molecular weight excluding hydrogens is 458 g/mol. The van der Waals surface area contributed by atoms with Gasteiger partial charge in [-0.3, -0.25) is 4.79 Å². The van der Waals surface area contributed by atoms with Crippen LogP contribution >= 0.6 is 0 Å². The Hall–Kier alpha value is -1.58. The van der Waals surface area contributed by atoms with Crippen molar-refractivity contribution in [3.63, 3.8) is 0 Å². The third-order valence-electron chi connectivity index (χ3n) is 13.3. The quantitative estimate of drug-likeness (QED) is 0.300. The van der Waals surface area contributed by atoms with Crippen molar-refractivity contribution in [1.82, 2.24) is 5.16 Å². The molecule has 0 N–H and O–H groups in total. The van der Waals surface area contributed by atoms with E-state index in [1.54, 1.807) is 5.57 Å². The summed E-state index contributed by atoms with van der Waals surface area (Å²) in [6, 6.07) is 0. The molecule has 5 aliphatic rings. The van der Waals surface area contributed by atoms with Crippen LogP contribution in [0.3, 0.4) is 0 Å². The van der Waals surface area contributed by atoms with Crippen LogP contribution in [-0.2, 0) is 21.4 Å². The summed E-state index contributed by atoms with van der Waals surface area (Å²) in [6.45, 7) is 19.9. The normalized spacial score (nSPS) is 45.3. The predicted octanol–water partition coefficient (Wildman–Crippen LogP) is 8.05. The van der Waals surface area contributed by atoms with Gasteiger partial charge >= 0.3 is 5.97 Å². The average molecular weight is 508 g/mol. The van der Waals surface area contributed by atoms with Crippen LogP contribution in [0.4, 0.5) is 0 Å². The van der Waals surface area contributed by atoms with E-state index in [0.717, 1.165) is 50.7 Å². The van der Waals surface area contributed by atoms with Crippen LogP contribution in [0.5, 0.6) is 0 Å². The van der Waals surface area contributed by atoms with E-state index in [0.29, 0.717) is 24.4 Å². The lowest BCUT2D eigenvalue weighted by Gasteiger charge is -2.70. The Bertz CT molecular complexity index is 1140. The van der Waals surface area contributed by atoms with Crippen LogP contribution in [0.2, 0.25) is 0 Å². The molecule has 0 amide bonds. The number of carbonyl (C=O) groups excluding carboxylic acids is 1. The summed E-state index contributed by atoms with van der Waals surface area (Å²) in [7, 11) is 0. The first kappa shape index (κ1) is 25.7. The number of esters is 1. The maximum atomic E-state index is 13.6. The molecule has 7 atom stereocenters. The Morgan fingerprint density at radius 2 is 1.76 bits per heavy atom. The fourth-order valence-electron chi connectivity index (χ4n) is 11.2. The molecule has 1 aromatic rings. The highest BCUT2D eigenvalue weighted by molar-refractivity contribution is 5.78. The highest BCUT2D eigenvalue weighted by Crippen LogP contribution is 2.75. The maximum absolute atomic E-state index is 13.6. The van der Waals surface area contributed by atoms with E-state index in [-0.39, 0.29) is 38.5 Å². The molecular formula is C33H49NO3. The Balaban J connectivity index is 1.45. The second-order valence-electron chi connectivity index (χ2n) is 15.7. The Morgan fingerprint density at radius 3 is 2.49 bits per heavy atom. The van der Waals surface area contributed by atoms with Crippen molar-refractivity contribution >= 4 is 5.97 Å². The van der Waals surface area contributed by atoms with Crippen LogP contribution in [0.15, 0.2) is 22.4 Å². The molecule has 0 unspecified atom stereocenters. The minimum atomic E-state index is -0.328. The summed E-state index contributed by atoms with van der Waals surface area (Å²) in [5.41, 5.74) is 3.43. The molecule has 3 saturated carbocycles. The molecule has 5 aliphatic carbocycles. The monoisotopic (exact) mass is 507 g/mol. The first-order valence-electron chi connectivity index (χ1n) is 15.1. The highest BCUT2D eigenvalue weighted by atomic mass is 16.5. The topological polar surface area (TPSA) is 52.3 Å². The molecule has 1 heterocycles. The molecule has 204 valence electrons. The summed E-state index contributed by atoms with van der Waals surface area (Å²) < 4.78 is 11.7. The van der Waals surface area contributed by atoms with E-state index in [2.05, 4.69) is 59.7 Å². The second kappa shape index (κ2) is 7.75. The van der Waals surface area contributed by atoms with E-state index >= 15 is 0 Å². The zero-order chi connectivity index (χ0) is 26.6. The number of fused-ring (bicyclic) bond motifs is 8. The zero-order valence-corrected chi connectivity index (χ0v) is 24.6. The molecule has 4 heteroatoms. The van der Waals surface area contributed by atoms with Gasteiger partial charge in [-0.05, 0) is 104 Å². The lowest BCUT2D eigenvalue weighted by Crippen LogP contribution is -2.64. The Kier molecular flexibility index (Phi) is 5.38. The molecule has 37 heavy (non-hydrogen) atoms. The average Bonchev–Trinajstić information content (AvgIpc) is 3.28. The lowest BCUT2D eigenvalue weighted by atomic mass is 9.33. The van der Waals surface area contributed by atoms with Crippen molar-refractivity contribution in [3.05, 3.63) is 29.2 Å². The fourth-order valence-corrected chi connectivity index (χ4v) is 11.2. The minimum absolute atomic E-state index is 0.00405. The number of carbonyl (C=O) groups is 1. The second-order valence-corrected chi connectivity index (χ2v) is 15.7. The van der Waals surface area contributed by atoms with Crippen molar-refractivity contribution in [1.29, 1.82) is 0 Å². The smallest absolute Gasteiger partial charge is 0.312 e. The Morgan fingerprint density at radius 1 is 1.03 bits per heavy atom. The largest absolute Gasteiger partial charge is 0.466 e. The summed E-state index contributed by atoms with van der Waals surface area (Å²) >= 11 is 0. The molecule has 0 saturated heterocycles. The van der Waals surface area contributed by atoms with E-state index in [9.17, 15) is 4.79 Å².